The fourth-order valence-electron chi connectivity index (χ4n) is 3.03. The summed E-state index contributed by atoms with van der Waals surface area (Å²) < 4.78 is 30.5. The fourth-order valence-corrected chi connectivity index (χ4v) is 3.57. The zero-order valence-electron chi connectivity index (χ0n) is 16.3. The number of phenols is 1. The lowest BCUT2D eigenvalue weighted by molar-refractivity contribution is 0.0455. The largest absolute Gasteiger partial charge is 0.507 e. The highest BCUT2D eigenvalue weighted by molar-refractivity contribution is 7.89. The van der Waals surface area contributed by atoms with E-state index in [0.29, 0.717) is 17.9 Å². The zero-order chi connectivity index (χ0) is 21.2. The number of aryl methyl sites for hydroxylation is 2. The minimum absolute atomic E-state index is 0.0293. The van der Waals surface area contributed by atoms with E-state index in [4.69, 9.17) is 9.88 Å². The Balaban J connectivity index is 1.92. The first-order chi connectivity index (χ1) is 13.7. The van der Waals surface area contributed by atoms with Gasteiger partial charge in [0.05, 0.1) is 15.9 Å². The molecule has 0 fully saturated rings. The van der Waals surface area contributed by atoms with E-state index in [1.807, 2.05) is 11.5 Å². The number of nitrogens with two attached hydrogens (primary N) is 1. The molecule has 2 aromatic carbocycles. The summed E-state index contributed by atoms with van der Waals surface area (Å²) in [5, 5.41) is 15.1. The second-order valence-corrected chi connectivity index (χ2v) is 8.39. The van der Waals surface area contributed by atoms with E-state index in [1.165, 1.54) is 18.2 Å². The van der Waals surface area contributed by atoms with E-state index >= 15 is 0 Å². The van der Waals surface area contributed by atoms with Crippen molar-refractivity contribution in [1.82, 2.24) is 9.55 Å². The molecule has 154 valence electrons. The zero-order valence-corrected chi connectivity index (χ0v) is 17.1. The van der Waals surface area contributed by atoms with E-state index in [0.717, 1.165) is 23.9 Å². The van der Waals surface area contributed by atoms with Crippen LogP contribution in [-0.2, 0) is 27.9 Å². The Labute approximate surface area is 169 Å². The molecule has 0 bridgehead atoms. The predicted molar refractivity (Wildman–Crippen MR) is 108 cm³/mol. The van der Waals surface area contributed by atoms with Crippen LogP contribution in [0.3, 0.4) is 0 Å². The average molecular weight is 417 g/mol. The monoisotopic (exact) mass is 417 g/mol. The van der Waals surface area contributed by atoms with Crippen molar-refractivity contribution in [1.29, 1.82) is 0 Å². The van der Waals surface area contributed by atoms with Crippen LogP contribution in [0.1, 0.15) is 41.5 Å². The van der Waals surface area contributed by atoms with Crippen molar-refractivity contribution < 1.29 is 23.1 Å². The number of benzene rings is 2. The van der Waals surface area contributed by atoms with Crippen LogP contribution in [0.15, 0.2) is 41.3 Å². The van der Waals surface area contributed by atoms with Gasteiger partial charge in [0.25, 0.3) is 0 Å². The van der Waals surface area contributed by atoms with Crippen molar-refractivity contribution in [2.45, 2.75) is 44.7 Å². The summed E-state index contributed by atoms with van der Waals surface area (Å²) in [6.45, 7) is 4.39. The molecule has 3 aromatic rings. The molecule has 0 atom stereocenters. The molecule has 0 radical (unpaired) electrons. The number of carbonyl (C=O) groups is 1. The van der Waals surface area contributed by atoms with Gasteiger partial charge in [-0.3, -0.25) is 0 Å². The average Bonchev–Trinajstić information content (AvgIpc) is 3.02. The van der Waals surface area contributed by atoms with E-state index in [9.17, 15) is 18.3 Å². The topological polar surface area (TPSA) is 125 Å². The maximum atomic E-state index is 12.4. The Morgan fingerprint density at radius 2 is 2.00 bits per heavy atom. The van der Waals surface area contributed by atoms with Crippen LogP contribution in [0, 0.1) is 6.92 Å². The molecule has 1 aromatic heterocycles. The molecule has 0 saturated carbocycles. The third-order valence-electron chi connectivity index (χ3n) is 4.57. The van der Waals surface area contributed by atoms with Crippen LogP contribution in [0.25, 0.3) is 11.0 Å². The van der Waals surface area contributed by atoms with E-state index in [2.05, 4.69) is 11.9 Å². The van der Waals surface area contributed by atoms with Gasteiger partial charge in [0.1, 0.15) is 23.7 Å². The van der Waals surface area contributed by atoms with Crippen molar-refractivity contribution in [3.8, 4) is 5.75 Å². The number of carbonyl (C=O) groups excluding carboxylic acids is 1. The molecule has 3 N–H and O–H groups in total. The Morgan fingerprint density at radius 1 is 1.24 bits per heavy atom. The standard InChI is InChI=1S/C20H23N3O5S/c1-3-4-9-23-17-7-6-14(29(21,26)27)11-16(17)22-19(23)12-28-20(25)15-10-13(2)5-8-18(15)24/h5-8,10-11,24H,3-4,9,12H2,1-2H3,(H2,21,26,27). The third-order valence-corrected chi connectivity index (χ3v) is 5.48. The highest BCUT2D eigenvalue weighted by Gasteiger charge is 2.18. The quantitative estimate of drug-likeness (QED) is 0.570. The summed E-state index contributed by atoms with van der Waals surface area (Å²) in [5.41, 5.74) is 2.09. The van der Waals surface area contributed by atoms with Crippen LogP contribution in [0.2, 0.25) is 0 Å². The van der Waals surface area contributed by atoms with Crippen molar-refractivity contribution in [2.24, 2.45) is 5.14 Å². The SMILES string of the molecule is CCCCn1c(COC(=O)c2cc(C)ccc2O)nc2cc(S(N)(=O)=O)ccc21. The van der Waals surface area contributed by atoms with Crippen molar-refractivity contribution >= 4 is 27.0 Å². The third kappa shape index (κ3) is 4.57. The minimum Gasteiger partial charge on any atom is -0.507 e. The van der Waals surface area contributed by atoms with Gasteiger partial charge in [0.15, 0.2) is 0 Å². The number of phenolic OH excluding ortho intramolecular Hbond substituents is 1. The number of hydrogen-bond donors (Lipinski definition) is 2. The molecule has 3 rings (SSSR count). The summed E-state index contributed by atoms with van der Waals surface area (Å²) >= 11 is 0. The van der Waals surface area contributed by atoms with Crippen LogP contribution < -0.4 is 5.14 Å². The molecule has 0 unspecified atom stereocenters. The number of aromatic hydroxyl groups is 1. The van der Waals surface area contributed by atoms with E-state index < -0.39 is 16.0 Å². The molecule has 0 aliphatic heterocycles. The van der Waals surface area contributed by atoms with Gasteiger partial charge in [-0.05, 0) is 43.7 Å². The highest BCUT2D eigenvalue weighted by atomic mass is 32.2. The normalized spacial score (nSPS) is 11.7. The molecule has 0 saturated heterocycles. The van der Waals surface area contributed by atoms with Crippen molar-refractivity contribution in [3.63, 3.8) is 0 Å². The van der Waals surface area contributed by atoms with Gasteiger partial charge in [-0.2, -0.15) is 0 Å². The van der Waals surface area contributed by atoms with Gasteiger partial charge in [-0.15, -0.1) is 0 Å². The number of hydrogen-bond acceptors (Lipinski definition) is 6. The van der Waals surface area contributed by atoms with E-state index in [-0.39, 0.29) is 22.8 Å². The molecule has 0 amide bonds. The highest BCUT2D eigenvalue weighted by Crippen LogP contribution is 2.23. The first-order valence-corrected chi connectivity index (χ1v) is 10.7. The first-order valence-electron chi connectivity index (χ1n) is 9.19. The number of rotatable bonds is 7. The van der Waals surface area contributed by atoms with Crippen LogP contribution in [0.5, 0.6) is 5.75 Å². The number of esters is 1. The molecule has 0 aliphatic rings. The number of ether oxygens (including phenoxy) is 1. The smallest absolute Gasteiger partial charge is 0.342 e. The number of unbranched alkanes of at least 4 members (excludes halogenated alkanes) is 1. The Morgan fingerprint density at radius 3 is 2.69 bits per heavy atom. The van der Waals surface area contributed by atoms with Crippen LogP contribution >= 0.6 is 0 Å². The molecular weight excluding hydrogens is 394 g/mol. The molecule has 0 aliphatic carbocycles. The van der Waals surface area contributed by atoms with E-state index in [1.54, 1.807) is 18.2 Å². The number of aromatic nitrogens is 2. The maximum absolute atomic E-state index is 12.4. The second-order valence-electron chi connectivity index (χ2n) is 6.83. The first kappa shape index (κ1) is 20.8. The Kier molecular flexibility index (Phi) is 5.90. The number of imidazole rings is 1. The molecule has 29 heavy (non-hydrogen) atoms. The fraction of sp³-hybridized carbons (Fsp3) is 0.300. The van der Waals surface area contributed by atoms with Crippen LogP contribution in [-0.4, -0.2) is 29.0 Å². The van der Waals surface area contributed by atoms with Crippen molar-refractivity contribution in [3.05, 3.63) is 53.3 Å². The molecule has 8 nitrogen and oxygen atoms in total. The Hall–Kier alpha value is -2.91. The summed E-state index contributed by atoms with van der Waals surface area (Å²) in [6, 6.07) is 9.18. The van der Waals surface area contributed by atoms with Crippen LogP contribution in [0.4, 0.5) is 0 Å². The van der Waals surface area contributed by atoms with Gasteiger partial charge in [-0.1, -0.05) is 25.0 Å². The molecular formula is C20H23N3O5S. The molecule has 0 spiro atoms. The summed E-state index contributed by atoms with van der Waals surface area (Å²) in [5.74, 6) is -0.330. The predicted octanol–water partition coefficient (Wildman–Crippen LogP) is 2.85. The lowest BCUT2D eigenvalue weighted by Crippen LogP contribution is -2.12. The second kappa shape index (κ2) is 8.22. The Bertz CT molecular complexity index is 1170. The summed E-state index contributed by atoms with van der Waals surface area (Å²) in [4.78, 5) is 16.8. The van der Waals surface area contributed by atoms with Gasteiger partial charge >= 0.3 is 5.97 Å². The number of fused-ring (bicyclic) bond motifs is 1. The number of nitrogens with zero attached hydrogens (tertiary/aromatic N) is 2. The minimum atomic E-state index is -3.85. The number of primary sulfonamides is 1. The molecule has 1 heterocycles. The lowest BCUT2D eigenvalue weighted by atomic mass is 10.1. The summed E-state index contributed by atoms with van der Waals surface area (Å²) in [7, 11) is -3.85. The number of sulfonamides is 1. The van der Waals surface area contributed by atoms with Crippen molar-refractivity contribution in [2.75, 3.05) is 0 Å². The van der Waals surface area contributed by atoms with Gasteiger partial charge in [-0.25, -0.2) is 23.3 Å². The maximum Gasteiger partial charge on any atom is 0.342 e. The molecule has 9 heteroatoms. The van der Waals surface area contributed by atoms with Gasteiger partial charge in [0.2, 0.25) is 10.0 Å². The summed E-state index contributed by atoms with van der Waals surface area (Å²) in [6.07, 6.45) is 1.83. The van der Waals surface area contributed by atoms with Gasteiger partial charge < -0.3 is 14.4 Å². The lowest BCUT2D eigenvalue weighted by Gasteiger charge is -2.10. The van der Waals surface area contributed by atoms with Gasteiger partial charge in [0, 0.05) is 6.54 Å².